The third-order valence-corrected chi connectivity index (χ3v) is 6.36. The van der Waals surface area contributed by atoms with Crippen LogP contribution in [0.2, 0.25) is 0 Å². The summed E-state index contributed by atoms with van der Waals surface area (Å²) in [7, 11) is 4.08. The Bertz CT molecular complexity index is 1480. The van der Waals surface area contributed by atoms with Crippen molar-refractivity contribution in [3.8, 4) is 0 Å². The van der Waals surface area contributed by atoms with Crippen LogP contribution in [0.1, 0.15) is 32.6 Å². The van der Waals surface area contributed by atoms with Crippen LogP contribution in [-0.4, -0.2) is 30.8 Å². The number of hydrogen-bond donors (Lipinski definition) is 3. The third-order valence-electron chi connectivity index (χ3n) is 6.36. The highest BCUT2D eigenvalue weighted by molar-refractivity contribution is 6.37. The molecule has 4 aromatic rings. The maximum atomic E-state index is 13.3. The summed E-state index contributed by atoms with van der Waals surface area (Å²) in [5.41, 5.74) is 7.02. The number of nitrogens with zero attached hydrogens (tertiary/aromatic N) is 1. The molecular formula is C32H30N4O2. The minimum Gasteiger partial charge on any atom is -0.354 e. The zero-order valence-corrected chi connectivity index (χ0v) is 21.5. The van der Waals surface area contributed by atoms with E-state index in [0.717, 1.165) is 23.4 Å². The molecule has 5 rings (SSSR count). The lowest BCUT2D eigenvalue weighted by Crippen LogP contribution is -2.22. The van der Waals surface area contributed by atoms with Crippen LogP contribution >= 0.6 is 0 Å². The van der Waals surface area contributed by atoms with Crippen LogP contribution in [0.3, 0.4) is 0 Å². The van der Waals surface area contributed by atoms with Gasteiger partial charge in [0.15, 0.2) is 0 Å². The topological polar surface area (TPSA) is 73.5 Å². The molecule has 0 bridgehead atoms. The first-order valence-corrected chi connectivity index (χ1v) is 12.6. The summed E-state index contributed by atoms with van der Waals surface area (Å²) in [5, 5.41) is 9.43. The maximum absolute atomic E-state index is 13.3. The van der Waals surface area contributed by atoms with Crippen molar-refractivity contribution in [2.75, 3.05) is 24.7 Å². The fourth-order valence-corrected chi connectivity index (χ4v) is 4.52. The van der Waals surface area contributed by atoms with Gasteiger partial charge in [0.25, 0.3) is 11.8 Å². The Hall–Kier alpha value is -4.68. The predicted octanol–water partition coefficient (Wildman–Crippen LogP) is 5.61. The van der Waals surface area contributed by atoms with E-state index in [1.807, 2.05) is 86.9 Å². The number of fused-ring (bicyclic) bond motifs is 1. The fraction of sp³-hybridized carbons (Fsp3) is 0.125. The lowest BCUT2D eigenvalue weighted by Gasteiger charge is -2.16. The lowest BCUT2D eigenvalue weighted by atomic mass is 9.98. The smallest absolute Gasteiger partial charge is 0.258 e. The van der Waals surface area contributed by atoms with E-state index in [-0.39, 0.29) is 11.8 Å². The zero-order chi connectivity index (χ0) is 26.5. The van der Waals surface area contributed by atoms with Crippen molar-refractivity contribution >= 4 is 34.5 Å². The first-order chi connectivity index (χ1) is 18.5. The molecule has 3 N–H and O–H groups in total. The van der Waals surface area contributed by atoms with Crippen LogP contribution < -0.4 is 16.0 Å². The Labute approximate surface area is 223 Å². The van der Waals surface area contributed by atoms with Crippen molar-refractivity contribution in [1.29, 1.82) is 0 Å². The number of rotatable bonds is 8. The Morgan fingerprint density at radius 2 is 1.47 bits per heavy atom. The number of carbonyl (C=O) groups excluding carboxylic acids is 2. The van der Waals surface area contributed by atoms with E-state index >= 15 is 0 Å². The van der Waals surface area contributed by atoms with E-state index in [4.69, 9.17) is 0 Å². The molecule has 38 heavy (non-hydrogen) atoms. The maximum Gasteiger partial charge on any atom is 0.258 e. The SMILES string of the molecule is CN(C)Cc1ccc(N/C(=C2\C(=O)Nc3ccc(C(=O)NCc4ccccc4)cc32)c2ccccc2)cc1. The van der Waals surface area contributed by atoms with Crippen LogP contribution in [0, 0.1) is 0 Å². The number of carbonyl (C=O) groups is 2. The Morgan fingerprint density at radius 1 is 0.789 bits per heavy atom. The first kappa shape index (κ1) is 25.0. The predicted molar refractivity (Wildman–Crippen MR) is 153 cm³/mol. The Balaban J connectivity index is 1.49. The van der Waals surface area contributed by atoms with Crippen molar-refractivity contribution in [1.82, 2.24) is 10.2 Å². The van der Waals surface area contributed by atoms with Crippen molar-refractivity contribution in [3.05, 3.63) is 131 Å². The molecule has 0 aliphatic carbocycles. The molecule has 4 aromatic carbocycles. The largest absolute Gasteiger partial charge is 0.354 e. The molecule has 0 aromatic heterocycles. The van der Waals surface area contributed by atoms with Gasteiger partial charge in [-0.1, -0.05) is 72.8 Å². The number of anilines is 2. The van der Waals surface area contributed by atoms with E-state index in [2.05, 4.69) is 33.0 Å². The average molecular weight is 503 g/mol. The molecule has 1 heterocycles. The summed E-state index contributed by atoms with van der Waals surface area (Å²) < 4.78 is 0. The van der Waals surface area contributed by atoms with E-state index in [9.17, 15) is 9.59 Å². The molecule has 0 radical (unpaired) electrons. The monoisotopic (exact) mass is 502 g/mol. The number of hydrogen-bond acceptors (Lipinski definition) is 4. The molecule has 1 aliphatic rings. The second-order valence-electron chi connectivity index (χ2n) is 9.56. The van der Waals surface area contributed by atoms with Crippen molar-refractivity contribution < 1.29 is 9.59 Å². The van der Waals surface area contributed by atoms with Crippen molar-refractivity contribution in [2.24, 2.45) is 0 Å². The summed E-state index contributed by atoms with van der Waals surface area (Å²) in [6.45, 7) is 1.27. The number of amides is 2. The summed E-state index contributed by atoms with van der Waals surface area (Å²) >= 11 is 0. The van der Waals surface area contributed by atoms with Gasteiger partial charge in [0, 0.05) is 35.6 Å². The third kappa shape index (κ3) is 5.66. The highest BCUT2D eigenvalue weighted by atomic mass is 16.2. The highest BCUT2D eigenvalue weighted by Crippen LogP contribution is 2.38. The quantitative estimate of drug-likeness (QED) is 0.274. The van der Waals surface area contributed by atoms with Crippen LogP contribution in [-0.2, 0) is 17.9 Å². The minimum absolute atomic E-state index is 0.193. The van der Waals surface area contributed by atoms with Crippen LogP contribution in [0.15, 0.2) is 103 Å². The summed E-state index contributed by atoms with van der Waals surface area (Å²) in [4.78, 5) is 28.4. The average Bonchev–Trinajstić information content (AvgIpc) is 3.26. The first-order valence-electron chi connectivity index (χ1n) is 12.6. The molecule has 0 spiro atoms. The van der Waals surface area contributed by atoms with Gasteiger partial charge < -0.3 is 20.9 Å². The molecule has 0 saturated heterocycles. The molecule has 0 saturated carbocycles. The summed E-state index contributed by atoms with van der Waals surface area (Å²) in [5.74, 6) is -0.404. The summed E-state index contributed by atoms with van der Waals surface area (Å²) in [6, 6.07) is 33.0. The minimum atomic E-state index is -0.211. The van der Waals surface area contributed by atoms with E-state index in [1.165, 1.54) is 5.56 Å². The molecular weight excluding hydrogens is 472 g/mol. The number of benzene rings is 4. The van der Waals surface area contributed by atoms with Gasteiger partial charge in [-0.05, 0) is 61.1 Å². The van der Waals surface area contributed by atoms with Crippen molar-refractivity contribution in [3.63, 3.8) is 0 Å². The summed E-state index contributed by atoms with van der Waals surface area (Å²) in [6.07, 6.45) is 0. The molecule has 0 fully saturated rings. The van der Waals surface area contributed by atoms with Gasteiger partial charge in [0.1, 0.15) is 0 Å². The van der Waals surface area contributed by atoms with Crippen LogP contribution in [0.4, 0.5) is 11.4 Å². The van der Waals surface area contributed by atoms with Gasteiger partial charge in [-0.2, -0.15) is 0 Å². The van der Waals surface area contributed by atoms with E-state index in [0.29, 0.717) is 34.6 Å². The van der Waals surface area contributed by atoms with Gasteiger partial charge in [-0.25, -0.2) is 0 Å². The molecule has 0 unspecified atom stereocenters. The zero-order valence-electron chi connectivity index (χ0n) is 21.5. The molecule has 6 heteroatoms. The van der Waals surface area contributed by atoms with E-state index < -0.39 is 0 Å². The van der Waals surface area contributed by atoms with Crippen LogP contribution in [0.25, 0.3) is 11.3 Å². The lowest BCUT2D eigenvalue weighted by molar-refractivity contribution is -0.110. The van der Waals surface area contributed by atoms with Gasteiger partial charge in [0.2, 0.25) is 0 Å². The van der Waals surface area contributed by atoms with Gasteiger partial charge >= 0.3 is 0 Å². The van der Waals surface area contributed by atoms with Gasteiger partial charge in [0.05, 0.1) is 11.3 Å². The Kier molecular flexibility index (Phi) is 7.33. The van der Waals surface area contributed by atoms with E-state index in [1.54, 1.807) is 18.2 Å². The normalized spacial score (nSPS) is 13.6. The van der Waals surface area contributed by atoms with Crippen LogP contribution in [0.5, 0.6) is 0 Å². The Morgan fingerprint density at radius 3 is 2.16 bits per heavy atom. The second kappa shape index (κ2) is 11.2. The van der Waals surface area contributed by atoms with Gasteiger partial charge in [-0.15, -0.1) is 0 Å². The number of nitrogens with one attached hydrogen (secondary N) is 3. The highest BCUT2D eigenvalue weighted by Gasteiger charge is 2.29. The molecule has 0 atom stereocenters. The molecule has 6 nitrogen and oxygen atoms in total. The molecule has 2 amide bonds. The standard InChI is InChI=1S/C32H30N4O2/c1-36(2)21-23-13-16-26(17-14-23)34-30(24-11-7-4-8-12-24)29-27-19-25(15-18-28(27)35-32(29)38)31(37)33-20-22-9-5-3-6-10-22/h3-19,34H,20-21H2,1-2H3,(H,33,37)(H,35,38)/b30-29-. The van der Waals surface area contributed by atoms with Gasteiger partial charge in [-0.3, -0.25) is 9.59 Å². The van der Waals surface area contributed by atoms with Crippen molar-refractivity contribution in [2.45, 2.75) is 13.1 Å². The fourth-order valence-electron chi connectivity index (χ4n) is 4.52. The molecule has 1 aliphatic heterocycles. The molecule has 190 valence electrons. The second-order valence-corrected chi connectivity index (χ2v) is 9.56.